The molecule has 2 aromatic carbocycles. The van der Waals surface area contributed by atoms with Crippen LogP contribution < -0.4 is 4.90 Å². The van der Waals surface area contributed by atoms with Gasteiger partial charge in [0.1, 0.15) is 6.04 Å². The Hall–Kier alpha value is -3.63. The third-order valence-corrected chi connectivity index (χ3v) is 4.97. The fourth-order valence-electron chi connectivity index (χ4n) is 3.36. The summed E-state index contributed by atoms with van der Waals surface area (Å²) in [4.78, 5) is 51.6. The molecular weight excluding hydrogens is 406 g/mol. The molecule has 10 nitrogen and oxygen atoms in total. The monoisotopic (exact) mass is 427 g/mol. The number of carbonyl (C=O) groups excluding carboxylic acids is 3. The number of para-hydroxylation sites is 1. The maximum absolute atomic E-state index is 13.2. The van der Waals surface area contributed by atoms with E-state index in [0.717, 1.165) is 4.90 Å². The van der Waals surface area contributed by atoms with Gasteiger partial charge in [-0.2, -0.15) is 0 Å². The van der Waals surface area contributed by atoms with Crippen LogP contribution in [-0.4, -0.2) is 60.6 Å². The van der Waals surface area contributed by atoms with Gasteiger partial charge in [0.25, 0.3) is 17.5 Å². The lowest BCUT2D eigenvalue weighted by molar-refractivity contribution is -0.384. The van der Waals surface area contributed by atoms with E-state index < -0.39 is 35.0 Å². The van der Waals surface area contributed by atoms with Crippen LogP contribution in [0.15, 0.2) is 54.6 Å². The van der Waals surface area contributed by atoms with E-state index >= 15 is 0 Å². The van der Waals surface area contributed by atoms with Crippen LogP contribution in [0.5, 0.6) is 0 Å². The van der Waals surface area contributed by atoms with Gasteiger partial charge in [0.2, 0.25) is 5.91 Å². The average Bonchev–Trinajstić information content (AvgIpc) is 3.08. The summed E-state index contributed by atoms with van der Waals surface area (Å²) in [5.74, 6) is -1.55. The largest absolute Gasteiger partial charge is 0.354 e. The molecule has 1 fully saturated rings. The zero-order valence-corrected chi connectivity index (χ0v) is 17.0. The molecule has 0 N–H and O–H groups in total. The van der Waals surface area contributed by atoms with Crippen LogP contribution >= 0.6 is 0 Å². The first-order valence-corrected chi connectivity index (χ1v) is 9.40. The van der Waals surface area contributed by atoms with E-state index in [4.69, 9.17) is 9.47 Å². The fraction of sp³-hybridized carbons (Fsp3) is 0.286. The molecule has 1 aliphatic rings. The van der Waals surface area contributed by atoms with E-state index in [1.165, 1.54) is 43.4 Å². The molecule has 3 rings (SSSR count). The van der Waals surface area contributed by atoms with Gasteiger partial charge in [0.15, 0.2) is 6.29 Å². The summed E-state index contributed by atoms with van der Waals surface area (Å²) in [5, 5.41) is 10.9. The number of nitro groups is 1. The van der Waals surface area contributed by atoms with Gasteiger partial charge in [-0.3, -0.25) is 24.5 Å². The Morgan fingerprint density at radius 1 is 1.13 bits per heavy atom. The smallest absolute Gasteiger partial charge is 0.269 e. The second-order valence-electron chi connectivity index (χ2n) is 6.79. The Morgan fingerprint density at radius 3 is 2.29 bits per heavy atom. The van der Waals surface area contributed by atoms with Crippen molar-refractivity contribution < 1.29 is 28.8 Å². The number of non-ortho nitro benzene ring substituents is 1. The Morgan fingerprint density at radius 2 is 1.74 bits per heavy atom. The molecule has 0 aliphatic carbocycles. The van der Waals surface area contributed by atoms with Crippen LogP contribution in [0.3, 0.4) is 0 Å². The Bertz CT molecular complexity index is 974. The lowest BCUT2D eigenvalue weighted by atomic mass is 10.1. The highest BCUT2D eigenvalue weighted by molar-refractivity contribution is 6.23. The summed E-state index contributed by atoms with van der Waals surface area (Å²) >= 11 is 0. The second kappa shape index (κ2) is 9.45. The van der Waals surface area contributed by atoms with Crippen molar-refractivity contribution in [1.29, 1.82) is 0 Å². The van der Waals surface area contributed by atoms with E-state index in [9.17, 15) is 24.5 Å². The van der Waals surface area contributed by atoms with Crippen molar-refractivity contribution >= 4 is 29.1 Å². The molecule has 0 spiro atoms. The molecule has 0 aromatic heterocycles. The molecule has 10 heteroatoms. The topological polar surface area (TPSA) is 119 Å². The molecule has 1 unspecified atom stereocenters. The second-order valence-corrected chi connectivity index (χ2v) is 6.79. The summed E-state index contributed by atoms with van der Waals surface area (Å²) in [5.41, 5.74) is 0.380. The van der Waals surface area contributed by atoms with Crippen molar-refractivity contribution in [3.05, 3.63) is 70.3 Å². The highest BCUT2D eigenvalue weighted by Crippen LogP contribution is 2.27. The van der Waals surface area contributed by atoms with Crippen LogP contribution in [-0.2, 0) is 19.1 Å². The molecule has 1 aliphatic heterocycles. The van der Waals surface area contributed by atoms with E-state index in [1.807, 2.05) is 0 Å². The van der Waals surface area contributed by atoms with Crippen molar-refractivity contribution in [3.8, 4) is 0 Å². The van der Waals surface area contributed by atoms with Gasteiger partial charge < -0.3 is 14.4 Å². The van der Waals surface area contributed by atoms with Gasteiger partial charge in [0, 0.05) is 31.9 Å². The molecular formula is C21H21N3O7. The van der Waals surface area contributed by atoms with Crippen LogP contribution in [0, 0.1) is 10.1 Å². The van der Waals surface area contributed by atoms with Crippen molar-refractivity contribution in [3.63, 3.8) is 0 Å². The Kier molecular flexibility index (Phi) is 6.73. The molecule has 1 saturated heterocycles. The summed E-state index contributed by atoms with van der Waals surface area (Å²) in [6.07, 6.45) is -1.04. The summed E-state index contributed by atoms with van der Waals surface area (Å²) in [7, 11) is 2.78. The molecule has 3 amide bonds. The number of rotatable bonds is 8. The molecule has 162 valence electrons. The fourth-order valence-corrected chi connectivity index (χ4v) is 3.36. The quantitative estimate of drug-likeness (QED) is 0.273. The Balaban J connectivity index is 1.93. The Labute approximate surface area is 178 Å². The highest BCUT2D eigenvalue weighted by atomic mass is 16.7. The third-order valence-electron chi connectivity index (χ3n) is 4.97. The van der Waals surface area contributed by atoms with Gasteiger partial charge in [-0.15, -0.1) is 0 Å². The van der Waals surface area contributed by atoms with Crippen LogP contribution in [0.2, 0.25) is 0 Å². The minimum Gasteiger partial charge on any atom is -0.354 e. The maximum atomic E-state index is 13.2. The normalized spacial score (nSPS) is 16.1. The van der Waals surface area contributed by atoms with E-state index in [1.54, 1.807) is 30.3 Å². The number of carbonyl (C=O) groups is 3. The molecule has 1 heterocycles. The van der Waals surface area contributed by atoms with Crippen molar-refractivity contribution in [2.45, 2.75) is 18.8 Å². The molecule has 1 atom stereocenters. The first-order chi connectivity index (χ1) is 14.9. The van der Waals surface area contributed by atoms with Gasteiger partial charge >= 0.3 is 0 Å². The number of anilines is 1. The molecule has 31 heavy (non-hydrogen) atoms. The summed E-state index contributed by atoms with van der Waals surface area (Å²) < 4.78 is 10.4. The predicted octanol–water partition coefficient (Wildman–Crippen LogP) is 1.99. The predicted molar refractivity (Wildman–Crippen MR) is 109 cm³/mol. The number of hydrogen-bond acceptors (Lipinski definition) is 7. The lowest BCUT2D eigenvalue weighted by Gasteiger charge is -2.30. The average molecular weight is 427 g/mol. The third kappa shape index (κ3) is 4.60. The number of hydrogen-bond donors (Lipinski definition) is 0. The van der Waals surface area contributed by atoms with Gasteiger partial charge in [-0.25, -0.2) is 4.90 Å². The van der Waals surface area contributed by atoms with Crippen LogP contribution in [0.4, 0.5) is 11.4 Å². The highest BCUT2D eigenvalue weighted by Gasteiger charge is 2.45. The van der Waals surface area contributed by atoms with E-state index in [-0.39, 0.29) is 24.2 Å². The van der Waals surface area contributed by atoms with Gasteiger partial charge in [-0.05, 0) is 24.3 Å². The first kappa shape index (κ1) is 22.1. The molecule has 2 aromatic rings. The standard InChI is InChI=1S/C21H21N3O7/c1-30-19(31-2)13-22(20(26)14-8-10-16(11-9-14)24(28)29)17-12-18(25)23(21(17)27)15-6-4-3-5-7-15/h3-11,17,19H,12-13H2,1-2H3. The number of nitro benzene ring substituents is 1. The molecule has 0 bridgehead atoms. The zero-order chi connectivity index (χ0) is 22.5. The number of nitrogens with zero attached hydrogens (tertiary/aromatic N) is 3. The number of imide groups is 1. The minimum atomic E-state index is -1.07. The van der Waals surface area contributed by atoms with Crippen LogP contribution in [0.1, 0.15) is 16.8 Å². The van der Waals surface area contributed by atoms with E-state index in [2.05, 4.69) is 0 Å². The summed E-state index contributed by atoms with van der Waals surface area (Å²) in [6.45, 7) is -0.116. The molecule has 0 saturated carbocycles. The van der Waals surface area contributed by atoms with Gasteiger partial charge in [-0.1, -0.05) is 18.2 Å². The van der Waals surface area contributed by atoms with Gasteiger partial charge in [0.05, 0.1) is 23.6 Å². The van der Waals surface area contributed by atoms with Crippen molar-refractivity contribution in [1.82, 2.24) is 4.90 Å². The van der Waals surface area contributed by atoms with E-state index in [0.29, 0.717) is 5.69 Å². The van der Waals surface area contributed by atoms with Crippen molar-refractivity contribution in [2.75, 3.05) is 25.7 Å². The lowest BCUT2D eigenvalue weighted by Crippen LogP contribution is -2.49. The van der Waals surface area contributed by atoms with Crippen molar-refractivity contribution in [2.24, 2.45) is 0 Å². The zero-order valence-electron chi connectivity index (χ0n) is 17.0. The SMILES string of the molecule is COC(CN(C(=O)c1ccc([N+](=O)[O-])cc1)C1CC(=O)N(c2ccccc2)C1=O)OC. The molecule has 0 radical (unpaired) electrons. The number of benzene rings is 2. The maximum Gasteiger partial charge on any atom is 0.269 e. The first-order valence-electron chi connectivity index (χ1n) is 9.40. The summed E-state index contributed by atoms with van der Waals surface area (Å²) in [6, 6.07) is 12.4. The number of methoxy groups -OCH3 is 2. The van der Waals surface area contributed by atoms with Crippen LogP contribution in [0.25, 0.3) is 0 Å². The number of amides is 3. The number of ether oxygens (including phenoxy) is 2. The minimum absolute atomic E-state index is 0.116.